The molecule has 0 spiro atoms. The van der Waals surface area contributed by atoms with E-state index in [1.165, 1.54) is 4.90 Å². The lowest BCUT2D eigenvalue weighted by Gasteiger charge is -2.32. The first-order valence-corrected chi connectivity index (χ1v) is 25.0. The number of fused-ring (bicyclic) bond motifs is 6. The lowest BCUT2D eigenvalue weighted by atomic mass is 9.86. The minimum absolute atomic E-state index is 0.0155. The van der Waals surface area contributed by atoms with E-state index in [4.69, 9.17) is 41.9 Å². The number of anilines is 1. The lowest BCUT2D eigenvalue weighted by Crippen LogP contribution is -2.54. The van der Waals surface area contributed by atoms with E-state index < -0.39 is 47.6 Å². The van der Waals surface area contributed by atoms with Gasteiger partial charge < -0.3 is 60.9 Å². The van der Waals surface area contributed by atoms with Crippen LogP contribution in [0.25, 0.3) is 22.3 Å². The van der Waals surface area contributed by atoms with Gasteiger partial charge in [-0.1, -0.05) is 51.5 Å². The van der Waals surface area contributed by atoms with Crippen LogP contribution in [0.5, 0.6) is 11.5 Å². The van der Waals surface area contributed by atoms with Gasteiger partial charge in [0.05, 0.1) is 23.4 Å². The maximum absolute atomic E-state index is 13.7. The van der Waals surface area contributed by atoms with Crippen LogP contribution in [-0.2, 0) is 70.1 Å². The number of nitrogens with two attached hydrogens (primary N) is 1. The first-order chi connectivity index (χ1) is 35.4. The number of hydrogen-bond acceptors (Lipinski definition) is 15. The van der Waals surface area contributed by atoms with Crippen molar-refractivity contribution in [3.8, 4) is 22.9 Å². The summed E-state index contributed by atoms with van der Waals surface area (Å²) in [4.78, 5) is 108. The highest BCUT2D eigenvalue weighted by molar-refractivity contribution is 7.71. The SMILES string of the molecule is CC[C@@]1(O)C(=O)OCc2c1cc1n(c2=S)Cc2c-1nc1cc3c(cc1c2CNC(=O)OCc1ccc(NC(=O)[C@H](CCCNC(N)=O)NC(=O)[C@@H](NC(=O)CCCCCN2C(=O)CCC2=O)C(C)C)cc1)OCO3. The minimum Gasteiger partial charge on any atom is -0.458 e. The molecule has 23 heteroatoms. The van der Waals surface area contributed by atoms with Crippen LogP contribution in [-0.4, -0.2) is 99.2 Å². The standard InChI is InChI=1S/C51H59N9O13S/c1-4-51(69)34-20-37-44-32(23-60(37)47(74)33(34)25-70-48(51)66)31(30-19-38-39(73-26-72-38)21-36(30)56-44)22-54-50(68)71-24-28-11-13-29(14-12-28)55-45(64)35(9-8-17-53-49(52)67)57-46(65)43(27(2)3)58-40(61)10-6-5-7-18-59-41(62)15-16-42(59)63/h11-14,19-21,27,35,43,69H,4-10,15-18,22-26H2,1-3H3,(H,54,68)(H,55,64)(H,57,65)(H,58,61)(H3,52,53,67)/t35-,43-,51-/m0/s1. The number of alkyl carbamates (subject to hydrolysis) is 1. The maximum atomic E-state index is 13.7. The summed E-state index contributed by atoms with van der Waals surface area (Å²) in [5.41, 5.74) is 8.42. The molecule has 0 saturated carbocycles. The Morgan fingerprint density at radius 2 is 1.64 bits per heavy atom. The predicted octanol–water partition coefficient (Wildman–Crippen LogP) is 4.33. The molecule has 8 N–H and O–H groups in total. The number of unbranched alkanes of at least 4 members (excludes halogenated alkanes) is 2. The van der Waals surface area contributed by atoms with Gasteiger partial charge in [-0.2, -0.15) is 0 Å². The number of cyclic esters (lactones) is 1. The topological polar surface area (TPSA) is 301 Å². The van der Waals surface area contributed by atoms with Gasteiger partial charge >= 0.3 is 18.1 Å². The molecule has 4 aliphatic heterocycles. The highest BCUT2D eigenvalue weighted by Crippen LogP contribution is 2.44. The van der Waals surface area contributed by atoms with Crippen LogP contribution in [0.2, 0.25) is 0 Å². The van der Waals surface area contributed by atoms with E-state index in [9.17, 15) is 43.5 Å². The number of aromatic nitrogens is 2. The summed E-state index contributed by atoms with van der Waals surface area (Å²) in [5.74, 6) is -1.93. The number of ether oxygens (including phenoxy) is 4. The molecule has 8 rings (SSSR count). The number of pyridine rings is 2. The number of carbonyl (C=O) groups is 8. The quantitative estimate of drug-likeness (QED) is 0.0233. The second kappa shape index (κ2) is 22.6. The predicted molar refractivity (Wildman–Crippen MR) is 267 cm³/mol. The molecule has 0 bridgehead atoms. The van der Waals surface area contributed by atoms with Crippen LogP contribution in [0.3, 0.4) is 0 Å². The Balaban J connectivity index is 0.881. The Bertz CT molecular complexity index is 2960. The van der Waals surface area contributed by atoms with Gasteiger partial charge in [0.25, 0.3) is 0 Å². The summed E-state index contributed by atoms with van der Waals surface area (Å²) in [6, 6.07) is 9.07. The number of carbonyl (C=O) groups excluding carboxylic acids is 8. The number of amides is 8. The van der Waals surface area contributed by atoms with Crippen molar-refractivity contribution in [2.24, 2.45) is 11.7 Å². The molecule has 0 aliphatic carbocycles. The van der Waals surface area contributed by atoms with Gasteiger partial charge in [-0.15, -0.1) is 0 Å². The number of benzene rings is 2. The molecule has 8 amide bonds. The van der Waals surface area contributed by atoms with Gasteiger partial charge in [0, 0.05) is 72.7 Å². The van der Waals surface area contributed by atoms with Gasteiger partial charge in [-0.05, 0) is 73.4 Å². The third kappa shape index (κ3) is 11.4. The first kappa shape index (κ1) is 52.7. The highest BCUT2D eigenvalue weighted by atomic mass is 32.1. The molecule has 0 unspecified atom stereocenters. The smallest absolute Gasteiger partial charge is 0.407 e. The van der Waals surface area contributed by atoms with Crippen molar-refractivity contribution in [2.45, 2.75) is 123 Å². The van der Waals surface area contributed by atoms with Crippen LogP contribution in [0.4, 0.5) is 15.3 Å². The molecule has 3 atom stereocenters. The second-order valence-corrected chi connectivity index (χ2v) is 19.3. The summed E-state index contributed by atoms with van der Waals surface area (Å²) < 4.78 is 24.6. The Morgan fingerprint density at radius 3 is 2.34 bits per heavy atom. The van der Waals surface area contributed by atoms with Crippen LogP contribution in [0.15, 0.2) is 42.5 Å². The number of likely N-dealkylation sites (tertiary alicyclic amines) is 1. The fourth-order valence-electron chi connectivity index (χ4n) is 9.46. The van der Waals surface area contributed by atoms with Crippen molar-refractivity contribution in [3.63, 3.8) is 0 Å². The Morgan fingerprint density at radius 1 is 0.905 bits per heavy atom. The molecule has 6 heterocycles. The average molecular weight is 1040 g/mol. The highest BCUT2D eigenvalue weighted by Gasteiger charge is 2.45. The van der Waals surface area contributed by atoms with Gasteiger partial charge in [-0.3, -0.25) is 28.9 Å². The number of aliphatic hydroxyl groups is 1. The normalized spacial score (nSPS) is 17.0. The summed E-state index contributed by atoms with van der Waals surface area (Å²) >= 11 is 5.92. The van der Waals surface area contributed by atoms with E-state index in [0.717, 1.165) is 5.56 Å². The van der Waals surface area contributed by atoms with E-state index in [0.29, 0.717) is 92.2 Å². The third-order valence-electron chi connectivity index (χ3n) is 13.6. The summed E-state index contributed by atoms with van der Waals surface area (Å²) in [5, 5.41) is 25.8. The number of nitrogens with one attached hydrogen (secondary N) is 5. The first-order valence-electron chi connectivity index (χ1n) is 24.6. The van der Waals surface area contributed by atoms with Crippen LogP contribution in [0, 0.1) is 10.6 Å². The zero-order valence-electron chi connectivity index (χ0n) is 41.3. The molecule has 2 aromatic carbocycles. The zero-order chi connectivity index (χ0) is 52.8. The maximum Gasteiger partial charge on any atom is 0.407 e. The fourth-order valence-corrected chi connectivity index (χ4v) is 9.79. The molecule has 22 nitrogen and oxygen atoms in total. The van der Waals surface area contributed by atoms with E-state index in [1.54, 1.807) is 57.2 Å². The molecule has 4 aliphatic rings. The number of nitrogens with zero attached hydrogens (tertiary/aromatic N) is 3. The third-order valence-corrected chi connectivity index (χ3v) is 14.1. The number of esters is 1. The van der Waals surface area contributed by atoms with E-state index in [1.807, 2.05) is 10.6 Å². The van der Waals surface area contributed by atoms with E-state index in [-0.39, 0.29) is 102 Å². The van der Waals surface area contributed by atoms with Crippen molar-refractivity contribution < 1.29 is 62.4 Å². The van der Waals surface area contributed by atoms with Gasteiger partial charge in [0.2, 0.25) is 36.3 Å². The van der Waals surface area contributed by atoms with Crippen molar-refractivity contribution in [1.82, 2.24) is 35.7 Å². The number of hydrogen-bond donors (Lipinski definition) is 7. The van der Waals surface area contributed by atoms with Crippen LogP contribution in [0.1, 0.15) is 106 Å². The Kier molecular flexibility index (Phi) is 16.1. The van der Waals surface area contributed by atoms with Crippen molar-refractivity contribution in [2.75, 3.05) is 25.2 Å². The van der Waals surface area contributed by atoms with Crippen molar-refractivity contribution in [3.05, 3.63) is 74.9 Å². The van der Waals surface area contributed by atoms with Gasteiger partial charge in [0.15, 0.2) is 17.1 Å². The molecule has 2 aromatic heterocycles. The molecule has 0 radical (unpaired) electrons. The minimum atomic E-state index is -1.88. The number of urea groups is 1. The van der Waals surface area contributed by atoms with Gasteiger partial charge in [0.1, 0.15) is 29.9 Å². The van der Waals surface area contributed by atoms with Crippen LogP contribution < -0.4 is 41.8 Å². The molecule has 392 valence electrons. The number of primary amides is 1. The molecule has 4 aromatic rings. The Hall–Kier alpha value is -7.66. The average Bonchev–Trinajstić information content (AvgIpc) is 4.09. The number of rotatable bonds is 21. The number of imide groups is 1. The second-order valence-electron chi connectivity index (χ2n) is 18.9. The monoisotopic (exact) mass is 1040 g/mol. The molecular weight excluding hydrogens is 979 g/mol. The largest absolute Gasteiger partial charge is 0.458 e. The summed E-state index contributed by atoms with van der Waals surface area (Å²) in [6.07, 6.45) is 1.96. The van der Waals surface area contributed by atoms with E-state index >= 15 is 0 Å². The molecule has 1 saturated heterocycles. The Labute approximate surface area is 430 Å². The molecular formula is C51H59N9O13S. The summed E-state index contributed by atoms with van der Waals surface area (Å²) in [7, 11) is 0. The lowest BCUT2D eigenvalue weighted by molar-refractivity contribution is -0.172. The van der Waals surface area contributed by atoms with Crippen molar-refractivity contribution in [1.29, 1.82) is 0 Å². The van der Waals surface area contributed by atoms with Crippen molar-refractivity contribution >= 4 is 76.4 Å². The molecule has 1 fully saturated rings. The zero-order valence-corrected chi connectivity index (χ0v) is 42.1. The summed E-state index contributed by atoms with van der Waals surface area (Å²) in [6.45, 7) is 5.80. The van der Waals surface area contributed by atoms with E-state index in [2.05, 4.69) is 26.6 Å². The van der Waals surface area contributed by atoms with Gasteiger partial charge in [-0.25, -0.2) is 19.4 Å². The molecule has 74 heavy (non-hydrogen) atoms. The van der Waals surface area contributed by atoms with Crippen LogP contribution >= 0.6 is 12.2 Å². The fraction of sp³-hybridized carbons (Fsp3) is 0.451.